The summed E-state index contributed by atoms with van der Waals surface area (Å²) in [6, 6.07) is 3.18. The molecule has 1 saturated carbocycles. The highest BCUT2D eigenvalue weighted by molar-refractivity contribution is 6.76. The van der Waals surface area contributed by atoms with E-state index in [2.05, 4.69) is 34.6 Å². The first-order chi connectivity index (χ1) is 14.2. The second-order valence-electron chi connectivity index (χ2n) is 10.6. The molecule has 0 aromatic heterocycles. The first-order valence-electron chi connectivity index (χ1n) is 12.9. The van der Waals surface area contributed by atoms with Gasteiger partial charge >= 0.3 is 0 Å². The number of carbonyl (C=O) groups is 1. The minimum Gasteiger partial charge on any atom is -0.519 e. The lowest BCUT2D eigenvalue weighted by Crippen LogP contribution is -2.45. The van der Waals surface area contributed by atoms with Crippen molar-refractivity contribution in [2.75, 3.05) is 0 Å². The molecular formula is C25H50O3Si2. The largest absolute Gasteiger partial charge is 0.519 e. The molecule has 2 radical (unpaired) electrons. The van der Waals surface area contributed by atoms with Crippen LogP contribution in [0, 0.1) is 5.92 Å². The Labute approximate surface area is 191 Å². The highest BCUT2D eigenvalue weighted by Crippen LogP contribution is 2.45. The predicted molar refractivity (Wildman–Crippen MR) is 133 cm³/mol. The smallest absolute Gasteiger partial charge is 0.295 e. The highest BCUT2D eigenvalue weighted by Gasteiger charge is 2.46. The molecule has 1 unspecified atom stereocenters. The number of rotatable bonds is 16. The molecule has 0 aromatic rings. The summed E-state index contributed by atoms with van der Waals surface area (Å²) in [5.41, 5.74) is 0.563. The number of unbranched alkanes of at least 4 members (excludes halogenated alkanes) is 6. The molecular weight excluding hydrogens is 404 g/mol. The Morgan fingerprint density at radius 1 is 0.967 bits per heavy atom. The van der Waals surface area contributed by atoms with Crippen molar-refractivity contribution in [2.24, 2.45) is 5.92 Å². The van der Waals surface area contributed by atoms with E-state index in [9.17, 15) is 4.79 Å². The van der Waals surface area contributed by atoms with Gasteiger partial charge in [-0.05, 0) is 57.3 Å². The molecule has 1 fully saturated rings. The first-order valence-corrected chi connectivity index (χ1v) is 16.4. The van der Waals surface area contributed by atoms with Crippen LogP contribution in [0.25, 0.3) is 0 Å². The molecule has 1 aliphatic carbocycles. The van der Waals surface area contributed by atoms with Crippen LogP contribution in [0.4, 0.5) is 0 Å². The molecule has 3 nitrogen and oxygen atoms in total. The van der Waals surface area contributed by atoms with Crippen LogP contribution in [-0.4, -0.2) is 29.7 Å². The third-order valence-electron chi connectivity index (χ3n) is 6.48. The summed E-state index contributed by atoms with van der Waals surface area (Å²) in [7, 11) is -1.68. The molecule has 5 heteroatoms. The summed E-state index contributed by atoms with van der Waals surface area (Å²) < 4.78 is 12.6. The van der Waals surface area contributed by atoms with E-state index in [0.717, 1.165) is 6.04 Å². The molecule has 0 N–H and O–H groups in total. The Hall–Kier alpha value is -0.136. The molecule has 30 heavy (non-hydrogen) atoms. The van der Waals surface area contributed by atoms with Crippen LogP contribution in [0.15, 0.2) is 0 Å². The maximum atomic E-state index is 13.2. The average molecular weight is 455 g/mol. The van der Waals surface area contributed by atoms with Crippen molar-refractivity contribution in [1.29, 1.82) is 0 Å². The van der Waals surface area contributed by atoms with Crippen molar-refractivity contribution < 1.29 is 13.6 Å². The van der Waals surface area contributed by atoms with Gasteiger partial charge in [-0.3, -0.25) is 4.79 Å². The van der Waals surface area contributed by atoms with Crippen LogP contribution in [0.1, 0.15) is 119 Å². The molecule has 1 atom stereocenters. The first kappa shape index (κ1) is 27.9. The summed E-state index contributed by atoms with van der Waals surface area (Å²) in [6.07, 6.45) is 15.5. The lowest BCUT2D eigenvalue weighted by molar-refractivity contribution is -0.139. The van der Waals surface area contributed by atoms with Crippen molar-refractivity contribution in [3.05, 3.63) is 0 Å². The van der Waals surface area contributed by atoms with E-state index in [1.807, 2.05) is 6.92 Å². The van der Waals surface area contributed by atoms with Crippen LogP contribution in [0.3, 0.4) is 0 Å². The fraction of sp³-hybridized carbons (Fsp3) is 0.960. The predicted octanol–water partition coefficient (Wildman–Crippen LogP) is 8.07. The maximum absolute atomic E-state index is 13.2. The summed E-state index contributed by atoms with van der Waals surface area (Å²) in [5, 5.41) is 0. The topological polar surface area (TPSA) is 35.5 Å². The van der Waals surface area contributed by atoms with Crippen molar-refractivity contribution >= 4 is 24.0 Å². The summed E-state index contributed by atoms with van der Waals surface area (Å²) in [4.78, 5) is 13.2. The Kier molecular flexibility index (Phi) is 13.8. The minimum atomic E-state index is -2.05. The van der Waals surface area contributed by atoms with Gasteiger partial charge in [-0.1, -0.05) is 85.0 Å². The molecule has 0 amide bonds. The van der Waals surface area contributed by atoms with Crippen LogP contribution >= 0.6 is 0 Å². The zero-order valence-electron chi connectivity index (χ0n) is 21.0. The van der Waals surface area contributed by atoms with E-state index < -0.39 is 8.32 Å². The summed E-state index contributed by atoms with van der Waals surface area (Å²) in [6.45, 7) is 12.8. The second kappa shape index (κ2) is 14.8. The Bertz CT molecular complexity index is 444. The van der Waals surface area contributed by atoms with Gasteiger partial charge in [0.05, 0.1) is 5.92 Å². The van der Waals surface area contributed by atoms with Gasteiger partial charge in [-0.25, -0.2) is 0 Å². The van der Waals surface area contributed by atoms with Gasteiger partial charge in [-0.15, -0.1) is 0 Å². The Balaban J connectivity index is 2.81. The second-order valence-corrected chi connectivity index (χ2v) is 15.6. The van der Waals surface area contributed by atoms with E-state index in [1.54, 1.807) is 0 Å². The normalized spacial score (nSPS) is 16.7. The van der Waals surface area contributed by atoms with E-state index in [0.29, 0.717) is 15.3 Å². The van der Waals surface area contributed by atoms with Crippen molar-refractivity contribution in [2.45, 2.75) is 148 Å². The average Bonchev–Trinajstić information content (AvgIpc) is 3.22. The van der Waals surface area contributed by atoms with Crippen molar-refractivity contribution in [3.63, 3.8) is 0 Å². The van der Waals surface area contributed by atoms with E-state index in [1.165, 1.54) is 89.1 Å². The lowest BCUT2D eigenvalue weighted by Gasteiger charge is -2.37. The Morgan fingerprint density at radius 3 is 1.97 bits per heavy atom. The molecule has 0 bridgehead atoms. The van der Waals surface area contributed by atoms with Gasteiger partial charge in [0.15, 0.2) is 0 Å². The van der Waals surface area contributed by atoms with Crippen LogP contribution in [0.2, 0.25) is 23.7 Å². The number of hydrogen-bond acceptors (Lipinski definition) is 3. The van der Waals surface area contributed by atoms with Crippen LogP contribution in [-0.2, 0) is 13.6 Å². The molecule has 0 aliphatic heterocycles. The zero-order valence-corrected chi connectivity index (χ0v) is 23.0. The van der Waals surface area contributed by atoms with Gasteiger partial charge in [0.2, 0.25) is 9.76 Å². The fourth-order valence-corrected chi connectivity index (χ4v) is 10.8. The maximum Gasteiger partial charge on any atom is 0.295 e. The lowest BCUT2D eigenvalue weighted by atomic mass is 10.2. The monoisotopic (exact) mass is 454 g/mol. The minimum absolute atomic E-state index is 0.0507. The molecule has 0 heterocycles. The van der Waals surface area contributed by atoms with E-state index in [-0.39, 0.29) is 17.5 Å². The van der Waals surface area contributed by atoms with Gasteiger partial charge in [-0.2, -0.15) is 0 Å². The summed E-state index contributed by atoms with van der Waals surface area (Å²) >= 11 is 0. The van der Waals surface area contributed by atoms with Gasteiger partial charge in [0, 0.05) is 5.60 Å². The van der Waals surface area contributed by atoms with Gasteiger partial charge < -0.3 is 8.85 Å². The number of carbonyl (C=O) groups excluding carboxylic acids is 1. The van der Waals surface area contributed by atoms with E-state index in [4.69, 9.17) is 8.85 Å². The molecule has 1 rings (SSSR count). The van der Waals surface area contributed by atoms with Crippen molar-refractivity contribution in [3.8, 4) is 0 Å². The van der Waals surface area contributed by atoms with E-state index >= 15 is 0 Å². The van der Waals surface area contributed by atoms with Gasteiger partial charge in [0.1, 0.15) is 0 Å². The van der Waals surface area contributed by atoms with Gasteiger partial charge in [0.25, 0.3) is 14.3 Å². The van der Waals surface area contributed by atoms with Crippen molar-refractivity contribution in [1.82, 2.24) is 0 Å². The highest BCUT2D eigenvalue weighted by atomic mass is 28.4. The third kappa shape index (κ3) is 10.9. The molecule has 0 saturated heterocycles. The molecule has 0 spiro atoms. The zero-order chi connectivity index (χ0) is 22.5. The molecule has 0 aromatic carbocycles. The SMILES string of the molecule is CCCCCC[Si](CCCCCC)(OC(=O)C(C)C[Si]OC(C)(C)C)C1CCCC1. The standard InChI is InChI=1S/C25H50O3Si2/c1-7-9-11-15-19-30(20-16-12-10-8-2,23-17-13-14-18-23)27-24(26)22(3)21-29-28-25(4,5)6/h22-23H,7-21H2,1-6H3. The fourth-order valence-electron chi connectivity index (χ4n) is 4.64. The number of hydrogen-bond donors (Lipinski definition) is 0. The quantitative estimate of drug-likeness (QED) is 0.175. The van der Waals surface area contributed by atoms with Crippen LogP contribution < -0.4 is 0 Å². The molecule has 176 valence electrons. The Morgan fingerprint density at radius 2 is 1.50 bits per heavy atom. The summed E-state index contributed by atoms with van der Waals surface area (Å²) in [5.74, 6) is 0.0230. The molecule has 1 aliphatic rings. The third-order valence-corrected chi connectivity index (χ3v) is 13.1. The van der Waals surface area contributed by atoms with Crippen LogP contribution in [0.5, 0.6) is 0 Å².